The van der Waals surface area contributed by atoms with Gasteiger partial charge in [-0.1, -0.05) is 0 Å². The topological polar surface area (TPSA) is 111 Å². The molecule has 1 aliphatic rings. The van der Waals surface area contributed by atoms with E-state index >= 15 is 0 Å². The number of nitrogens with zero attached hydrogens (tertiary/aromatic N) is 5. The Morgan fingerprint density at radius 2 is 2.00 bits per heavy atom. The number of rotatable bonds is 5. The molecule has 158 valence electrons. The Balaban J connectivity index is 1.65. The highest BCUT2D eigenvalue weighted by atomic mass is 16.5. The summed E-state index contributed by atoms with van der Waals surface area (Å²) in [5.41, 5.74) is 8.64. The first-order chi connectivity index (χ1) is 14.5. The second-order valence-electron chi connectivity index (χ2n) is 7.88. The van der Waals surface area contributed by atoms with Crippen LogP contribution in [0.5, 0.6) is 5.88 Å². The molecular formula is C21H27N7O2. The fourth-order valence-electron chi connectivity index (χ4n) is 4.13. The number of amides is 1. The maximum atomic E-state index is 13.2. The molecule has 9 nitrogen and oxygen atoms in total. The molecule has 1 aliphatic carbocycles. The van der Waals surface area contributed by atoms with Crippen LogP contribution in [0.4, 0.5) is 5.82 Å². The van der Waals surface area contributed by atoms with Crippen molar-refractivity contribution in [3.8, 4) is 17.1 Å². The SMILES string of the molecule is COc1cc(-c2cc(C(=O)NC3CCC(N(C)C)CC3)c3c(N)ncnn23)ccn1. The van der Waals surface area contributed by atoms with Gasteiger partial charge in [-0.2, -0.15) is 5.10 Å². The summed E-state index contributed by atoms with van der Waals surface area (Å²) in [7, 11) is 5.77. The van der Waals surface area contributed by atoms with Crippen molar-refractivity contribution in [2.75, 3.05) is 26.9 Å². The average Bonchev–Trinajstić information content (AvgIpc) is 3.15. The third-order valence-electron chi connectivity index (χ3n) is 5.83. The highest BCUT2D eigenvalue weighted by Crippen LogP contribution is 2.29. The molecule has 1 amide bonds. The second-order valence-corrected chi connectivity index (χ2v) is 7.88. The quantitative estimate of drug-likeness (QED) is 0.663. The van der Waals surface area contributed by atoms with E-state index < -0.39 is 0 Å². The van der Waals surface area contributed by atoms with Gasteiger partial charge in [0, 0.05) is 29.9 Å². The maximum Gasteiger partial charge on any atom is 0.253 e. The number of hydrogen-bond acceptors (Lipinski definition) is 7. The first-order valence-electron chi connectivity index (χ1n) is 10.1. The normalized spacial score (nSPS) is 19.2. The van der Waals surface area contributed by atoms with Gasteiger partial charge in [-0.3, -0.25) is 4.79 Å². The molecule has 0 radical (unpaired) electrons. The molecule has 0 unspecified atom stereocenters. The summed E-state index contributed by atoms with van der Waals surface area (Å²) in [5, 5.41) is 7.51. The van der Waals surface area contributed by atoms with Gasteiger partial charge in [0.25, 0.3) is 5.91 Å². The number of methoxy groups -OCH3 is 1. The van der Waals surface area contributed by atoms with Crippen LogP contribution >= 0.6 is 0 Å². The van der Waals surface area contributed by atoms with Gasteiger partial charge < -0.3 is 20.7 Å². The summed E-state index contributed by atoms with van der Waals surface area (Å²) >= 11 is 0. The van der Waals surface area contributed by atoms with Crippen molar-refractivity contribution in [1.29, 1.82) is 0 Å². The molecule has 4 rings (SSSR count). The van der Waals surface area contributed by atoms with Crippen LogP contribution in [-0.4, -0.2) is 63.7 Å². The Labute approximate surface area is 175 Å². The minimum atomic E-state index is -0.158. The van der Waals surface area contributed by atoms with Crippen molar-refractivity contribution in [2.24, 2.45) is 0 Å². The van der Waals surface area contributed by atoms with E-state index in [0.29, 0.717) is 23.0 Å². The van der Waals surface area contributed by atoms with Gasteiger partial charge in [-0.05, 0) is 51.9 Å². The number of carbonyl (C=O) groups excluding carboxylic acids is 1. The molecule has 3 aromatic heterocycles. The van der Waals surface area contributed by atoms with Crippen LogP contribution in [0.1, 0.15) is 36.0 Å². The van der Waals surface area contributed by atoms with Gasteiger partial charge in [0.2, 0.25) is 5.88 Å². The lowest BCUT2D eigenvalue weighted by molar-refractivity contribution is 0.0918. The molecule has 30 heavy (non-hydrogen) atoms. The van der Waals surface area contributed by atoms with Gasteiger partial charge in [-0.15, -0.1) is 0 Å². The first kappa shape index (κ1) is 20.1. The Bertz CT molecular complexity index is 1050. The molecule has 3 aromatic rings. The Hall–Kier alpha value is -3.20. The number of carbonyl (C=O) groups is 1. The van der Waals surface area contributed by atoms with Crippen LogP contribution in [0.3, 0.4) is 0 Å². The number of hydrogen-bond donors (Lipinski definition) is 2. The minimum Gasteiger partial charge on any atom is -0.481 e. The number of nitrogens with two attached hydrogens (primary N) is 1. The van der Waals surface area contributed by atoms with Crippen molar-refractivity contribution in [3.05, 3.63) is 36.3 Å². The predicted molar refractivity (Wildman–Crippen MR) is 114 cm³/mol. The monoisotopic (exact) mass is 409 g/mol. The van der Waals surface area contributed by atoms with Gasteiger partial charge in [0.05, 0.1) is 18.4 Å². The smallest absolute Gasteiger partial charge is 0.253 e. The molecule has 3 N–H and O–H groups in total. The van der Waals surface area contributed by atoms with E-state index in [-0.39, 0.29) is 17.8 Å². The summed E-state index contributed by atoms with van der Waals surface area (Å²) in [4.78, 5) is 23.7. The molecule has 1 fully saturated rings. The van der Waals surface area contributed by atoms with E-state index in [1.807, 2.05) is 6.07 Å². The molecule has 0 atom stereocenters. The molecule has 0 aliphatic heterocycles. The number of aromatic nitrogens is 4. The molecule has 0 aromatic carbocycles. The molecule has 0 spiro atoms. The van der Waals surface area contributed by atoms with Crippen LogP contribution < -0.4 is 15.8 Å². The van der Waals surface area contributed by atoms with Crippen molar-refractivity contribution < 1.29 is 9.53 Å². The maximum absolute atomic E-state index is 13.2. The minimum absolute atomic E-state index is 0.152. The van der Waals surface area contributed by atoms with Crippen LogP contribution in [0.2, 0.25) is 0 Å². The van der Waals surface area contributed by atoms with Crippen LogP contribution in [0, 0.1) is 0 Å². The van der Waals surface area contributed by atoms with Gasteiger partial charge >= 0.3 is 0 Å². The summed E-state index contributed by atoms with van der Waals surface area (Å²) in [6.07, 6.45) is 7.10. The van der Waals surface area contributed by atoms with Gasteiger partial charge in [0.15, 0.2) is 5.82 Å². The zero-order chi connectivity index (χ0) is 21.3. The van der Waals surface area contributed by atoms with Gasteiger partial charge in [0.1, 0.15) is 11.8 Å². The standard InChI is InChI=1S/C21H27N7O2/c1-27(2)15-6-4-14(5-7-15)26-21(29)16-11-17(13-8-9-23-18(10-13)30-3)28-19(16)20(22)24-12-25-28/h8-12,14-15H,4-7H2,1-3H3,(H,26,29)(H2,22,24,25). The van der Waals surface area contributed by atoms with Crippen LogP contribution in [0.25, 0.3) is 16.8 Å². The Kier molecular flexibility index (Phi) is 5.54. The van der Waals surface area contributed by atoms with E-state index in [4.69, 9.17) is 10.5 Å². The number of nitrogens with one attached hydrogen (secondary N) is 1. The van der Waals surface area contributed by atoms with E-state index in [1.54, 1.807) is 30.0 Å². The lowest BCUT2D eigenvalue weighted by Crippen LogP contribution is -2.41. The van der Waals surface area contributed by atoms with Crippen molar-refractivity contribution in [1.82, 2.24) is 29.8 Å². The van der Waals surface area contributed by atoms with Gasteiger partial charge in [-0.25, -0.2) is 14.5 Å². The first-order valence-corrected chi connectivity index (χ1v) is 10.1. The molecule has 0 bridgehead atoms. The number of pyridine rings is 1. The fourth-order valence-corrected chi connectivity index (χ4v) is 4.13. The summed E-state index contributed by atoms with van der Waals surface area (Å²) in [6.45, 7) is 0. The van der Waals surface area contributed by atoms with E-state index in [1.165, 1.54) is 6.33 Å². The van der Waals surface area contributed by atoms with Crippen LogP contribution in [-0.2, 0) is 0 Å². The molecule has 3 heterocycles. The van der Waals surface area contributed by atoms with E-state index in [9.17, 15) is 4.79 Å². The average molecular weight is 409 g/mol. The summed E-state index contributed by atoms with van der Waals surface area (Å²) < 4.78 is 6.88. The number of anilines is 1. The molecule has 0 saturated heterocycles. The Morgan fingerprint density at radius 3 is 2.70 bits per heavy atom. The van der Waals surface area contributed by atoms with Crippen molar-refractivity contribution in [2.45, 2.75) is 37.8 Å². The summed E-state index contributed by atoms with van der Waals surface area (Å²) in [5.74, 6) is 0.585. The number of ether oxygens (including phenoxy) is 1. The number of fused-ring (bicyclic) bond motifs is 1. The molecule has 1 saturated carbocycles. The highest BCUT2D eigenvalue weighted by molar-refractivity contribution is 6.05. The largest absolute Gasteiger partial charge is 0.481 e. The third kappa shape index (κ3) is 3.80. The van der Waals surface area contributed by atoms with E-state index in [0.717, 1.165) is 36.9 Å². The van der Waals surface area contributed by atoms with Crippen molar-refractivity contribution >= 4 is 17.2 Å². The second kappa shape index (κ2) is 8.27. The molecule has 9 heteroatoms. The highest BCUT2D eigenvalue weighted by Gasteiger charge is 2.26. The van der Waals surface area contributed by atoms with Crippen LogP contribution in [0.15, 0.2) is 30.7 Å². The lowest BCUT2D eigenvalue weighted by atomic mass is 9.90. The zero-order valence-electron chi connectivity index (χ0n) is 17.5. The van der Waals surface area contributed by atoms with E-state index in [2.05, 4.69) is 39.4 Å². The third-order valence-corrected chi connectivity index (χ3v) is 5.83. The predicted octanol–water partition coefficient (Wildman–Crippen LogP) is 1.98. The number of nitrogen functional groups attached to an aromatic ring is 1. The Morgan fingerprint density at radius 1 is 1.23 bits per heavy atom. The lowest BCUT2D eigenvalue weighted by Gasteiger charge is -2.32. The summed E-state index contributed by atoms with van der Waals surface area (Å²) in [6, 6.07) is 6.16. The fraction of sp³-hybridized carbons (Fsp3) is 0.429. The van der Waals surface area contributed by atoms with Crippen molar-refractivity contribution in [3.63, 3.8) is 0 Å². The molecular weight excluding hydrogens is 382 g/mol. The zero-order valence-corrected chi connectivity index (χ0v) is 17.5.